The molecule has 1 atom stereocenters. The Balaban J connectivity index is 1.98. The standard InChI is InChI=1S/C11H18ClN5O/c1-8-6-17(3-4-18-8)11(13)14-5-10-9(12)7-16(2)15-10/h7-8H,3-6H2,1-2H3,(H2,13,14). The molecule has 1 fully saturated rings. The van der Waals surface area contributed by atoms with Crippen LogP contribution in [0.2, 0.25) is 5.02 Å². The SMILES string of the molecule is CC1CN(C(N)=NCc2nn(C)cc2Cl)CCO1. The zero-order valence-electron chi connectivity index (χ0n) is 10.6. The molecule has 1 aromatic rings. The van der Waals surface area contributed by atoms with Gasteiger partial charge in [0.15, 0.2) is 5.96 Å². The first-order chi connectivity index (χ1) is 8.56. The summed E-state index contributed by atoms with van der Waals surface area (Å²) < 4.78 is 7.12. The number of halogens is 1. The summed E-state index contributed by atoms with van der Waals surface area (Å²) in [6, 6.07) is 0. The number of aliphatic imine (C=N–C) groups is 1. The molecule has 0 saturated carbocycles. The molecule has 18 heavy (non-hydrogen) atoms. The fourth-order valence-corrected chi connectivity index (χ4v) is 2.13. The molecule has 2 rings (SSSR count). The average Bonchev–Trinajstić information content (AvgIpc) is 2.65. The molecule has 6 nitrogen and oxygen atoms in total. The molecule has 2 N–H and O–H groups in total. The number of hydrogen-bond acceptors (Lipinski definition) is 3. The van der Waals surface area contributed by atoms with E-state index in [-0.39, 0.29) is 6.10 Å². The maximum absolute atomic E-state index is 6.01. The lowest BCUT2D eigenvalue weighted by Crippen LogP contribution is -2.47. The Morgan fingerprint density at radius 2 is 2.50 bits per heavy atom. The Kier molecular flexibility index (Phi) is 4.08. The van der Waals surface area contributed by atoms with Crippen LogP contribution in [-0.2, 0) is 18.3 Å². The maximum atomic E-state index is 6.01. The van der Waals surface area contributed by atoms with Crippen molar-refractivity contribution in [1.82, 2.24) is 14.7 Å². The fourth-order valence-electron chi connectivity index (χ4n) is 1.90. The number of nitrogens with two attached hydrogens (primary N) is 1. The minimum atomic E-state index is 0.186. The van der Waals surface area contributed by atoms with Gasteiger partial charge in [0.05, 0.1) is 24.3 Å². The predicted octanol–water partition coefficient (Wildman–Crippen LogP) is 0.609. The molecule has 1 aliphatic heterocycles. The third-order valence-electron chi connectivity index (χ3n) is 2.81. The molecule has 0 aliphatic carbocycles. The molecule has 0 spiro atoms. The molecule has 7 heteroatoms. The molecule has 0 amide bonds. The van der Waals surface area contributed by atoms with Crippen LogP contribution in [0.5, 0.6) is 0 Å². The van der Waals surface area contributed by atoms with Gasteiger partial charge < -0.3 is 15.4 Å². The summed E-state index contributed by atoms with van der Waals surface area (Å²) in [7, 11) is 1.83. The summed E-state index contributed by atoms with van der Waals surface area (Å²) in [5.74, 6) is 0.520. The molecular formula is C11H18ClN5O. The maximum Gasteiger partial charge on any atom is 0.191 e. The number of hydrogen-bond donors (Lipinski definition) is 1. The van der Waals surface area contributed by atoms with Gasteiger partial charge in [0.1, 0.15) is 5.69 Å². The Morgan fingerprint density at radius 3 is 3.11 bits per heavy atom. The lowest BCUT2D eigenvalue weighted by atomic mass is 10.3. The van der Waals surface area contributed by atoms with E-state index in [0.717, 1.165) is 18.8 Å². The minimum absolute atomic E-state index is 0.186. The second kappa shape index (κ2) is 5.58. The number of morpholine rings is 1. The minimum Gasteiger partial charge on any atom is -0.375 e. The number of guanidine groups is 1. The van der Waals surface area contributed by atoms with Gasteiger partial charge in [0.2, 0.25) is 0 Å². The van der Waals surface area contributed by atoms with Gasteiger partial charge in [0.25, 0.3) is 0 Å². The smallest absolute Gasteiger partial charge is 0.191 e. The summed E-state index contributed by atoms with van der Waals surface area (Å²) in [6.07, 6.45) is 1.94. The van der Waals surface area contributed by atoms with Gasteiger partial charge in [-0.05, 0) is 6.92 Å². The largest absolute Gasteiger partial charge is 0.375 e. The predicted molar refractivity (Wildman–Crippen MR) is 70.5 cm³/mol. The van der Waals surface area contributed by atoms with Crippen LogP contribution < -0.4 is 5.73 Å². The molecule has 1 unspecified atom stereocenters. The molecular weight excluding hydrogens is 254 g/mol. The number of aryl methyl sites for hydroxylation is 1. The Hall–Kier alpha value is -1.27. The van der Waals surface area contributed by atoms with Crippen molar-refractivity contribution in [2.24, 2.45) is 17.8 Å². The van der Waals surface area contributed by atoms with E-state index in [4.69, 9.17) is 22.1 Å². The van der Waals surface area contributed by atoms with E-state index in [2.05, 4.69) is 10.1 Å². The van der Waals surface area contributed by atoms with Crippen LogP contribution in [0.4, 0.5) is 0 Å². The van der Waals surface area contributed by atoms with Crippen LogP contribution in [0, 0.1) is 0 Å². The van der Waals surface area contributed by atoms with Crippen molar-refractivity contribution in [3.05, 3.63) is 16.9 Å². The van der Waals surface area contributed by atoms with E-state index in [0.29, 0.717) is 24.1 Å². The summed E-state index contributed by atoms with van der Waals surface area (Å²) in [4.78, 5) is 6.35. The molecule has 0 aromatic carbocycles. The van der Waals surface area contributed by atoms with Gasteiger partial charge in [-0.25, -0.2) is 4.99 Å². The zero-order valence-corrected chi connectivity index (χ0v) is 11.4. The van der Waals surface area contributed by atoms with E-state index in [1.165, 1.54) is 0 Å². The van der Waals surface area contributed by atoms with Gasteiger partial charge in [-0.1, -0.05) is 11.6 Å². The van der Waals surface area contributed by atoms with Crippen LogP contribution in [0.1, 0.15) is 12.6 Å². The molecule has 100 valence electrons. The van der Waals surface area contributed by atoms with Crippen LogP contribution in [0.15, 0.2) is 11.2 Å². The van der Waals surface area contributed by atoms with Crippen molar-refractivity contribution in [1.29, 1.82) is 0 Å². The van der Waals surface area contributed by atoms with E-state index in [1.807, 2.05) is 18.9 Å². The highest BCUT2D eigenvalue weighted by Crippen LogP contribution is 2.14. The topological polar surface area (TPSA) is 68.7 Å². The van der Waals surface area contributed by atoms with Crippen LogP contribution in [0.3, 0.4) is 0 Å². The Labute approximate surface area is 111 Å². The highest BCUT2D eigenvalue weighted by molar-refractivity contribution is 6.31. The molecule has 0 radical (unpaired) electrons. The summed E-state index contributed by atoms with van der Waals surface area (Å²) in [5, 5.41) is 4.84. The molecule has 0 bridgehead atoms. The summed E-state index contributed by atoms with van der Waals surface area (Å²) in [6.45, 7) is 4.65. The monoisotopic (exact) mass is 271 g/mol. The third kappa shape index (κ3) is 3.14. The van der Waals surface area contributed by atoms with Crippen molar-refractivity contribution in [3.63, 3.8) is 0 Å². The third-order valence-corrected chi connectivity index (χ3v) is 3.13. The van der Waals surface area contributed by atoms with E-state index in [9.17, 15) is 0 Å². The Morgan fingerprint density at radius 1 is 1.72 bits per heavy atom. The molecule has 1 aromatic heterocycles. The molecule has 1 saturated heterocycles. The zero-order chi connectivity index (χ0) is 13.1. The lowest BCUT2D eigenvalue weighted by Gasteiger charge is -2.31. The summed E-state index contributed by atoms with van der Waals surface area (Å²) in [5.41, 5.74) is 6.70. The van der Waals surface area contributed by atoms with Crippen molar-refractivity contribution in [2.75, 3.05) is 19.7 Å². The molecule has 1 aliphatic rings. The van der Waals surface area contributed by atoms with Crippen molar-refractivity contribution < 1.29 is 4.74 Å². The molecule has 2 heterocycles. The van der Waals surface area contributed by atoms with Gasteiger partial charge in [-0.15, -0.1) is 0 Å². The number of ether oxygens (including phenoxy) is 1. The highest BCUT2D eigenvalue weighted by Gasteiger charge is 2.18. The van der Waals surface area contributed by atoms with E-state index >= 15 is 0 Å². The highest BCUT2D eigenvalue weighted by atomic mass is 35.5. The van der Waals surface area contributed by atoms with Gasteiger partial charge in [-0.2, -0.15) is 5.10 Å². The van der Waals surface area contributed by atoms with Crippen molar-refractivity contribution in [2.45, 2.75) is 19.6 Å². The van der Waals surface area contributed by atoms with Crippen LogP contribution in [0.25, 0.3) is 0 Å². The average molecular weight is 272 g/mol. The van der Waals surface area contributed by atoms with Crippen molar-refractivity contribution >= 4 is 17.6 Å². The van der Waals surface area contributed by atoms with Gasteiger partial charge in [0, 0.05) is 26.3 Å². The Bertz CT molecular complexity index is 445. The van der Waals surface area contributed by atoms with Gasteiger partial charge in [-0.3, -0.25) is 4.68 Å². The van der Waals surface area contributed by atoms with Crippen LogP contribution >= 0.6 is 11.6 Å². The number of aromatic nitrogens is 2. The quantitative estimate of drug-likeness (QED) is 0.632. The first-order valence-electron chi connectivity index (χ1n) is 5.90. The summed E-state index contributed by atoms with van der Waals surface area (Å²) >= 11 is 6.01. The first-order valence-corrected chi connectivity index (χ1v) is 6.28. The first kappa shape index (κ1) is 13.2. The lowest BCUT2D eigenvalue weighted by molar-refractivity contribution is 0.00528. The fraction of sp³-hybridized carbons (Fsp3) is 0.636. The number of nitrogens with zero attached hydrogens (tertiary/aromatic N) is 4. The second-order valence-electron chi connectivity index (χ2n) is 4.40. The normalized spacial score (nSPS) is 21.4. The van der Waals surface area contributed by atoms with E-state index in [1.54, 1.807) is 10.9 Å². The number of rotatable bonds is 2. The second-order valence-corrected chi connectivity index (χ2v) is 4.81. The van der Waals surface area contributed by atoms with E-state index < -0.39 is 0 Å². The van der Waals surface area contributed by atoms with Gasteiger partial charge >= 0.3 is 0 Å². The van der Waals surface area contributed by atoms with Crippen LogP contribution in [-0.4, -0.2) is 46.4 Å². The van der Waals surface area contributed by atoms with Crippen molar-refractivity contribution in [3.8, 4) is 0 Å².